The minimum Gasteiger partial charge on any atom is -0.506 e. The van der Waals surface area contributed by atoms with Crippen LogP contribution in [0.2, 0.25) is 0 Å². The van der Waals surface area contributed by atoms with E-state index in [1.807, 2.05) is 28.7 Å². The molecule has 0 aromatic heterocycles. The molecular weight excluding hydrogens is 470 g/mol. The van der Waals surface area contributed by atoms with Crippen molar-refractivity contribution in [2.24, 2.45) is 5.92 Å². The molecule has 0 bridgehead atoms. The van der Waals surface area contributed by atoms with Crippen LogP contribution in [0.15, 0.2) is 12.1 Å². The van der Waals surface area contributed by atoms with Crippen molar-refractivity contribution in [1.82, 2.24) is 10.2 Å². The van der Waals surface area contributed by atoms with Crippen LogP contribution in [0.1, 0.15) is 16.8 Å². The fraction of sp³-hybridized carbons (Fsp3) is 0.462. The molecule has 19 heavy (non-hydrogen) atoms. The van der Waals surface area contributed by atoms with Crippen molar-refractivity contribution < 1.29 is 9.90 Å². The summed E-state index contributed by atoms with van der Waals surface area (Å²) in [5, 5.41) is 12.9. The topological polar surface area (TPSA) is 52.6 Å². The number of amides is 1. The SMILES string of the molecule is CN1CCC(CNC(=O)c2cc(I)cc(I)c2O)C1. The molecule has 104 valence electrons. The van der Waals surface area contributed by atoms with Gasteiger partial charge in [0, 0.05) is 16.7 Å². The molecule has 1 aromatic rings. The summed E-state index contributed by atoms with van der Waals surface area (Å²) >= 11 is 4.18. The van der Waals surface area contributed by atoms with Crippen molar-refractivity contribution in [3.63, 3.8) is 0 Å². The van der Waals surface area contributed by atoms with E-state index >= 15 is 0 Å². The summed E-state index contributed by atoms with van der Waals surface area (Å²) in [6.45, 7) is 2.79. The smallest absolute Gasteiger partial charge is 0.255 e. The van der Waals surface area contributed by atoms with Gasteiger partial charge in [-0.25, -0.2) is 0 Å². The van der Waals surface area contributed by atoms with Crippen molar-refractivity contribution >= 4 is 51.1 Å². The van der Waals surface area contributed by atoms with Crippen LogP contribution < -0.4 is 5.32 Å². The number of phenols is 1. The Morgan fingerprint density at radius 3 is 2.89 bits per heavy atom. The second-order valence-electron chi connectivity index (χ2n) is 4.91. The number of nitrogens with zero attached hydrogens (tertiary/aromatic N) is 1. The van der Waals surface area contributed by atoms with Gasteiger partial charge in [0.1, 0.15) is 5.75 Å². The fourth-order valence-electron chi connectivity index (χ4n) is 2.26. The first-order valence-corrected chi connectivity index (χ1v) is 8.28. The normalized spacial score (nSPS) is 19.6. The molecule has 1 aliphatic heterocycles. The van der Waals surface area contributed by atoms with E-state index in [-0.39, 0.29) is 11.7 Å². The van der Waals surface area contributed by atoms with Crippen LogP contribution in [0.3, 0.4) is 0 Å². The first-order chi connectivity index (χ1) is 8.97. The van der Waals surface area contributed by atoms with Crippen LogP contribution in [0.25, 0.3) is 0 Å². The molecule has 1 aromatic carbocycles. The van der Waals surface area contributed by atoms with Crippen molar-refractivity contribution in [3.05, 3.63) is 24.8 Å². The zero-order valence-electron chi connectivity index (χ0n) is 10.6. The van der Waals surface area contributed by atoms with Gasteiger partial charge in [0.25, 0.3) is 5.91 Å². The van der Waals surface area contributed by atoms with Crippen molar-refractivity contribution in [3.8, 4) is 5.75 Å². The van der Waals surface area contributed by atoms with E-state index in [1.165, 1.54) is 0 Å². The Bertz CT molecular complexity index is 494. The second kappa shape index (κ2) is 6.57. The van der Waals surface area contributed by atoms with Crippen LogP contribution in [-0.2, 0) is 0 Å². The summed E-state index contributed by atoms with van der Waals surface area (Å²) in [5.74, 6) is 0.392. The Morgan fingerprint density at radius 1 is 1.53 bits per heavy atom. The molecule has 1 fully saturated rings. The third-order valence-electron chi connectivity index (χ3n) is 3.31. The van der Waals surface area contributed by atoms with Crippen LogP contribution in [0, 0.1) is 13.1 Å². The van der Waals surface area contributed by atoms with Crippen molar-refractivity contribution in [1.29, 1.82) is 0 Å². The highest BCUT2D eigenvalue weighted by Gasteiger charge is 2.21. The Balaban J connectivity index is 2.00. The molecule has 0 spiro atoms. The Morgan fingerprint density at radius 2 is 2.26 bits per heavy atom. The number of halogens is 2. The summed E-state index contributed by atoms with van der Waals surface area (Å²) in [5.41, 5.74) is 0.364. The molecular formula is C13H16I2N2O2. The van der Waals surface area contributed by atoms with Gasteiger partial charge in [0.05, 0.1) is 9.13 Å². The van der Waals surface area contributed by atoms with Crippen molar-refractivity contribution in [2.75, 3.05) is 26.7 Å². The molecule has 1 heterocycles. The number of carbonyl (C=O) groups is 1. The number of phenolic OH excluding ortho intramolecular Hbond substituents is 1. The zero-order chi connectivity index (χ0) is 14.0. The molecule has 6 heteroatoms. The quantitative estimate of drug-likeness (QED) is 0.646. The monoisotopic (exact) mass is 486 g/mol. The van der Waals surface area contributed by atoms with E-state index in [1.54, 1.807) is 6.07 Å². The number of nitrogens with one attached hydrogen (secondary N) is 1. The van der Waals surface area contributed by atoms with E-state index < -0.39 is 0 Å². The lowest BCUT2D eigenvalue weighted by Gasteiger charge is -2.13. The van der Waals surface area contributed by atoms with Crippen LogP contribution in [-0.4, -0.2) is 42.6 Å². The van der Waals surface area contributed by atoms with Crippen LogP contribution >= 0.6 is 45.2 Å². The maximum atomic E-state index is 12.1. The Labute approximate surface area is 140 Å². The lowest BCUT2D eigenvalue weighted by atomic mass is 10.1. The minimum atomic E-state index is -0.191. The highest BCUT2D eigenvalue weighted by atomic mass is 127. The molecule has 2 N–H and O–H groups in total. The predicted octanol–water partition coefficient (Wildman–Crippen LogP) is 2.28. The van der Waals surface area contributed by atoms with E-state index in [4.69, 9.17) is 0 Å². The molecule has 1 atom stereocenters. The average Bonchev–Trinajstić information content (AvgIpc) is 2.76. The molecule has 0 radical (unpaired) electrons. The maximum absolute atomic E-state index is 12.1. The number of likely N-dealkylation sites (tertiary alicyclic amines) is 1. The Hall–Kier alpha value is -0.0900. The molecule has 4 nitrogen and oxygen atoms in total. The highest BCUT2D eigenvalue weighted by Crippen LogP contribution is 2.27. The highest BCUT2D eigenvalue weighted by molar-refractivity contribution is 14.1. The first-order valence-electron chi connectivity index (χ1n) is 6.12. The standard InChI is InChI=1S/C13H16I2N2O2/c1-17-3-2-8(7-17)6-16-13(19)10-4-9(14)5-11(15)12(10)18/h4-5,8,18H,2-3,6-7H2,1H3,(H,16,19). The van der Waals surface area contributed by atoms with E-state index in [0.29, 0.717) is 21.6 Å². The van der Waals surface area contributed by atoms with Gasteiger partial charge in [-0.05, 0) is 83.2 Å². The zero-order valence-corrected chi connectivity index (χ0v) is 14.9. The van der Waals surface area contributed by atoms with E-state index in [0.717, 1.165) is 23.1 Å². The average molecular weight is 486 g/mol. The molecule has 1 aliphatic rings. The largest absolute Gasteiger partial charge is 0.506 e. The van der Waals surface area contributed by atoms with Gasteiger partial charge in [-0.2, -0.15) is 0 Å². The number of benzene rings is 1. The van der Waals surface area contributed by atoms with E-state index in [9.17, 15) is 9.90 Å². The van der Waals surface area contributed by atoms with Crippen molar-refractivity contribution in [2.45, 2.75) is 6.42 Å². The van der Waals surface area contributed by atoms with Gasteiger partial charge >= 0.3 is 0 Å². The third kappa shape index (κ3) is 3.94. The summed E-state index contributed by atoms with van der Waals surface area (Å²) in [6.07, 6.45) is 1.12. The van der Waals surface area contributed by atoms with Gasteiger partial charge in [-0.15, -0.1) is 0 Å². The number of aromatic hydroxyl groups is 1. The van der Waals surface area contributed by atoms with Crippen LogP contribution in [0.5, 0.6) is 5.75 Å². The van der Waals surface area contributed by atoms with Gasteiger partial charge < -0.3 is 15.3 Å². The predicted molar refractivity (Wildman–Crippen MR) is 91.5 cm³/mol. The lowest BCUT2D eigenvalue weighted by molar-refractivity contribution is 0.0944. The number of hydrogen-bond donors (Lipinski definition) is 2. The van der Waals surface area contributed by atoms with Gasteiger partial charge in [0.15, 0.2) is 0 Å². The molecule has 2 rings (SSSR count). The minimum absolute atomic E-state index is 0.0713. The molecule has 0 aliphatic carbocycles. The molecule has 1 saturated heterocycles. The summed E-state index contributed by atoms with van der Waals surface area (Å²) < 4.78 is 1.65. The summed E-state index contributed by atoms with van der Waals surface area (Å²) in [6, 6.07) is 3.56. The fourth-order valence-corrected chi connectivity index (χ4v) is 4.11. The molecule has 1 unspecified atom stereocenters. The summed E-state index contributed by atoms with van der Waals surface area (Å²) in [4.78, 5) is 14.4. The van der Waals surface area contributed by atoms with Gasteiger partial charge in [-0.1, -0.05) is 0 Å². The molecule has 0 saturated carbocycles. The van der Waals surface area contributed by atoms with Gasteiger partial charge in [0.2, 0.25) is 0 Å². The molecule has 1 amide bonds. The Kier molecular flexibility index (Phi) is 5.29. The third-order valence-corrected chi connectivity index (χ3v) is 4.76. The van der Waals surface area contributed by atoms with Gasteiger partial charge in [-0.3, -0.25) is 4.79 Å². The second-order valence-corrected chi connectivity index (χ2v) is 7.32. The van der Waals surface area contributed by atoms with Crippen LogP contribution in [0.4, 0.5) is 0 Å². The number of hydrogen-bond acceptors (Lipinski definition) is 3. The summed E-state index contributed by atoms with van der Waals surface area (Å²) in [7, 11) is 2.09. The lowest BCUT2D eigenvalue weighted by Crippen LogP contribution is -2.30. The number of carbonyl (C=O) groups excluding carboxylic acids is 1. The number of rotatable bonds is 3. The van der Waals surface area contributed by atoms with E-state index in [2.05, 4.69) is 39.9 Å². The first kappa shape index (κ1) is 15.3. The maximum Gasteiger partial charge on any atom is 0.255 e.